The van der Waals surface area contributed by atoms with Crippen LogP contribution in [0.5, 0.6) is 0 Å². The molecule has 0 fully saturated rings. The van der Waals surface area contributed by atoms with Gasteiger partial charge in [-0.2, -0.15) is 5.10 Å². The van der Waals surface area contributed by atoms with E-state index in [4.69, 9.17) is 4.74 Å². The van der Waals surface area contributed by atoms with Crippen LogP contribution in [-0.4, -0.2) is 34.8 Å². The highest BCUT2D eigenvalue weighted by Crippen LogP contribution is 2.09. The van der Waals surface area contributed by atoms with Crippen molar-refractivity contribution >= 4 is 18.0 Å². The topological polar surface area (TPSA) is 73.2 Å². The first-order chi connectivity index (χ1) is 14.6. The van der Waals surface area contributed by atoms with Gasteiger partial charge in [0.1, 0.15) is 6.61 Å². The highest BCUT2D eigenvalue weighted by Gasteiger charge is 2.04. The SMILES string of the molecule is Cc1ccc(CCC(=O)NCCOC(=O)/C=C/c2cnn(-c3ccccc3)c2)cc1. The van der Waals surface area contributed by atoms with Gasteiger partial charge in [-0.15, -0.1) is 0 Å². The molecule has 154 valence electrons. The summed E-state index contributed by atoms with van der Waals surface area (Å²) in [4.78, 5) is 23.7. The number of carbonyl (C=O) groups is 2. The number of aromatic nitrogens is 2. The second-order valence-electron chi connectivity index (χ2n) is 6.89. The number of nitrogens with one attached hydrogen (secondary N) is 1. The van der Waals surface area contributed by atoms with Crippen LogP contribution in [0.15, 0.2) is 73.1 Å². The number of esters is 1. The van der Waals surface area contributed by atoms with Crippen LogP contribution in [0.3, 0.4) is 0 Å². The van der Waals surface area contributed by atoms with Gasteiger partial charge >= 0.3 is 5.97 Å². The molecule has 30 heavy (non-hydrogen) atoms. The minimum Gasteiger partial charge on any atom is -0.461 e. The van der Waals surface area contributed by atoms with Crippen molar-refractivity contribution in [1.29, 1.82) is 0 Å². The summed E-state index contributed by atoms with van der Waals surface area (Å²) in [6.45, 7) is 2.45. The van der Waals surface area contributed by atoms with Crippen LogP contribution in [0.4, 0.5) is 0 Å². The molecule has 3 aromatic rings. The molecule has 0 saturated carbocycles. The third kappa shape index (κ3) is 6.74. The minimum absolute atomic E-state index is 0.0597. The number of rotatable bonds is 9. The van der Waals surface area contributed by atoms with Crippen LogP contribution in [0, 0.1) is 6.92 Å². The number of hydrogen-bond acceptors (Lipinski definition) is 4. The lowest BCUT2D eigenvalue weighted by Gasteiger charge is -2.06. The normalized spacial score (nSPS) is 10.8. The van der Waals surface area contributed by atoms with E-state index < -0.39 is 5.97 Å². The summed E-state index contributed by atoms with van der Waals surface area (Å²) in [6, 6.07) is 17.8. The molecule has 1 aromatic heterocycles. The molecular formula is C24H25N3O3. The molecule has 0 unspecified atom stereocenters. The zero-order chi connectivity index (χ0) is 21.2. The van der Waals surface area contributed by atoms with Crippen molar-refractivity contribution < 1.29 is 14.3 Å². The standard InChI is InChI=1S/C24H25N3O3/c1-19-7-9-20(10-8-19)11-13-23(28)25-15-16-30-24(29)14-12-21-17-26-27(18-21)22-5-3-2-4-6-22/h2-10,12,14,17-18H,11,13,15-16H2,1H3,(H,25,28)/b14-12+. The second kappa shape index (κ2) is 10.8. The van der Waals surface area contributed by atoms with E-state index in [-0.39, 0.29) is 19.1 Å². The van der Waals surface area contributed by atoms with Gasteiger partial charge in [-0.3, -0.25) is 4.79 Å². The van der Waals surface area contributed by atoms with Crippen molar-refractivity contribution in [1.82, 2.24) is 15.1 Å². The summed E-state index contributed by atoms with van der Waals surface area (Å²) < 4.78 is 6.85. The van der Waals surface area contributed by atoms with E-state index >= 15 is 0 Å². The number of ether oxygens (including phenoxy) is 1. The van der Waals surface area contributed by atoms with Gasteiger partial charge in [-0.05, 0) is 37.1 Å². The summed E-state index contributed by atoms with van der Waals surface area (Å²) in [5.74, 6) is -0.521. The fourth-order valence-corrected chi connectivity index (χ4v) is 2.80. The lowest BCUT2D eigenvalue weighted by molar-refractivity contribution is -0.138. The molecule has 0 saturated heterocycles. The predicted octanol–water partition coefficient (Wildman–Crippen LogP) is 3.49. The Morgan fingerprint density at radius 2 is 1.87 bits per heavy atom. The third-order valence-electron chi connectivity index (χ3n) is 4.47. The summed E-state index contributed by atoms with van der Waals surface area (Å²) in [5, 5.41) is 7.03. The zero-order valence-electron chi connectivity index (χ0n) is 17.0. The molecule has 0 aliphatic carbocycles. The van der Waals surface area contributed by atoms with Crippen molar-refractivity contribution in [2.24, 2.45) is 0 Å². The molecule has 6 heteroatoms. The maximum Gasteiger partial charge on any atom is 0.330 e. The second-order valence-corrected chi connectivity index (χ2v) is 6.89. The van der Waals surface area contributed by atoms with E-state index in [1.807, 2.05) is 67.7 Å². The van der Waals surface area contributed by atoms with E-state index in [0.717, 1.165) is 16.8 Å². The maximum absolute atomic E-state index is 11.9. The van der Waals surface area contributed by atoms with Crippen LogP contribution in [0.2, 0.25) is 0 Å². The van der Waals surface area contributed by atoms with Crippen LogP contribution in [-0.2, 0) is 20.7 Å². The molecule has 1 N–H and O–H groups in total. The van der Waals surface area contributed by atoms with E-state index in [0.29, 0.717) is 12.8 Å². The van der Waals surface area contributed by atoms with Gasteiger partial charge in [0.05, 0.1) is 18.4 Å². The lowest BCUT2D eigenvalue weighted by Crippen LogP contribution is -2.28. The molecule has 2 aromatic carbocycles. The number of carbonyl (C=O) groups excluding carboxylic acids is 2. The summed E-state index contributed by atoms with van der Waals surface area (Å²) in [6.07, 6.45) is 7.59. The van der Waals surface area contributed by atoms with Crippen LogP contribution < -0.4 is 5.32 Å². The Morgan fingerprint density at radius 1 is 1.10 bits per heavy atom. The monoisotopic (exact) mass is 403 g/mol. The fraction of sp³-hybridized carbons (Fsp3) is 0.208. The first-order valence-corrected chi connectivity index (χ1v) is 9.87. The molecule has 0 aliphatic heterocycles. The van der Waals surface area contributed by atoms with Crippen molar-refractivity contribution in [3.05, 3.63) is 89.8 Å². The number of benzene rings is 2. The number of amides is 1. The van der Waals surface area contributed by atoms with Crippen molar-refractivity contribution in [3.8, 4) is 5.69 Å². The van der Waals surface area contributed by atoms with E-state index in [1.54, 1.807) is 17.0 Å². The van der Waals surface area contributed by atoms with E-state index in [1.165, 1.54) is 11.6 Å². The first kappa shape index (κ1) is 21.0. The van der Waals surface area contributed by atoms with Gasteiger partial charge < -0.3 is 10.1 Å². The van der Waals surface area contributed by atoms with Gasteiger partial charge in [0.25, 0.3) is 0 Å². The minimum atomic E-state index is -0.462. The highest BCUT2D eigenvalue weighted by atomic mass is 16.5. The average molecular weight is 403 g/mol. The van der Waals surface area contributed by atoms with Gasteiger partial charge in [0.2, 0.25) is 5.91 Å². The van der Waals surface area contributed by atoms with Crippen LogP contribution in [0.25, 0.3) is 11.8 Å². The Balaban J connectivity index is 1.33. The number of hydrogen-bond donors (Lipinski definition) is 1. The molecule has 1 amide bonds. The summed E-state index contributed by atoms with van der Waals surface area (Å²) >= 11 is 0. The summed E-state index contributed by atoms with van der Waals surface area (Å²) in [7, 11) is 0. The third-order valence-corrected chi connectivity index (χ3v) is 4.47. The molecule has 0 radical (unpaired) electrons. The summed E-state index contributed by atoms with van der Waals surface area (Å²) in [5.41, 5.74) is 4.06. The van der Waals surface area contributed by atoms with Crippen molar-refractivity contribution in [2.75, 3.05) is 13.2 Å². The van der Waals surface area contributed by atoms with Gasteiger partial charge in [-0.1, -0.05) is 48.0 Å². The zero-order valence-corrected chi connectivity index (χ0v) is 17.0. The molecule has 0 aliphatic rings. The predicted molar refractivity (Wildman–Crippen MR) is 116 cm³/mol. The van der Waals surface area contributed by atoms with E-state index in [2.05, 4.69) is 10.4 Å². The Bertz CT molecular complexity index is 992. The average Bonchev–Trinajstić information content (AvgIpc) is 3.25. The fourth-order valence-electron chi connectivity index (χ4n) is 2.80. The maximum atomic E-state index is 11.9. The number of aryl methyl sites for hydroxylation is 2. The molecule has 0 atom stereocenters. The molecule has 6 nitrogen and oxygen atoms in total. The number of para-hydroxylation sites is 1. The molecule has 0 bridgehead atoms. The Labute approximate surface area is 176 Å². The Kier molecular flexibility index (Phi) is 7.55. The Hall–Kier alpha value is -3.67. The quantitative estimate of drug-likeness (QED) is 0.337. The molecular weight excluding hydrogens is 378 g/mol. The first-order valence-electron chi connectivity index (χ1n) is 9.87. The highest BCUT2D eigenvalue weighted by molar-refractivity contribution is 5.87. The Morgan fingerprint density at radius 3 is 2.63 bits per heavy atom. The van der Waals surface area contributed by atoms with Gasteiger partial charge in [-0.25, -0.2) is 9.48 Å². The van der Waals surface area contributed by atoms with Gasteiger partial charge in [0.15, 0.2) is 0 Å². The van der Waals surface area contributed by atoms with Crippen LogP contribution in [0.1, 0.15) is 23.1 Å². The molecule has 0 spiro atoms. The van der Waals surface area contributed by atoms with Crippen LogP contribution >= 0.6 is 0 Å². The largest absolute Gasteiger partial charge is 0.461 e. The van der Waals surface area contributed by atoms with Crippen molar-refractivity contribution in [2.45, 2.75) is 19.8 Å². The van der Waals surface area contributed by atoms with Gasteiger partial charge in [0, 0.05) is 24.3 Å². The lowest BCUT2D eigenvalue weighted by atomic mass is 10.1. The van der Waals surface area contributed by atoms with Crippen molar-refractivity contribution in [3.63, 3.8) is 0 Å². The number of nitrogens with zero attached hydrogens (tertiary/aromatic N) is 2. The molecule has 3 rings (SSSR count). The smallest absolute Gasteiger partial charge is 0.330 e. The molecule has 1 heterocycles. The van der Waals surface area contributed by atoms with E-state index in [9.17, 15) is 9.59 Å².